The molecule has 0 bridgehead atoms. The van der Waals surface area contributed by atoms with Crippen molar-refractivity contribution in [3.8, 4) is 0 Å². The first-order valence-corrected chi connectivity index (χ1v) is 7.82. The first-order chi connectivity index (χ1) is 12.1. The van der Waals surface area contributed by atoms with Crippen molar-refractivity contribution in [3.63, 3.8) is 0 Å². The first kappa shape index (κ1) is 18.6. The van der Waals surface area contributed by atoms with Crippen LogP contribution in [0.15, 0.2) is 48.7 Å². The predicted molar refractivity (Wildman–Crippen MR) is 89.8 cm³/mol. The Hall–Kier alpha value is -2.77. The summed E-state index contributed by atoms with van der Waals surface area (Å²) in [7, 11) is 0. The number of carbonyl (C=O) groups is 2. The molecule has 3 N–H and O–H groups in total. The van der Waals surface area contributed by atoms with Crippen LogP contribution in [0.1, 0.15) is 34.1 Å². The number of hydrogen-bond acceptors (Lipinski definition) is 6. The van der Waals surface area contributed by atoms with Crippen LogP contribution in [0.2, 0.25) is 0 Å². The normalized spacial score (nSPS) is 12.9. The van der Waals surface area contributed by atoms with Gasteiger partial charge in [-0.1, -0.05) is 30.3 Å². The lowest BCUT2D eigenvalue weighted by atomic mass is 10.0. The zero-order chi connectivity index (χ0) is 18.1. The van der Waals surface area contributed by atoms with Crippen molar-refractivity contribution >= 4 is 12.4 Å². The fraction of sp³-hybridized carbons (Fsp3) is 0.278. The van der Waals surface area contributed by atoms with E-state index < -0.39 is 18.3 Å². The molecule has 0 aliphatic heterocycles. The number of aldehydes is 1. The second-order valence-electron chi connectivity index (χ2n) is 5.39. The van der Waals surface area contributed by atoms with Crippen LogP contribution >= 0.6 is 0 Å². The second kappa shape index (κ2) is 9.51. The van der Waals surface area contributed by atoms with Gasteiger partial charge in [0, 0.05) is 18.3 Å². The Kier molecular flexibility index (Phi) is 7.06. The molecule has 0 aliphatic carbocycles. The number of nitrogens with zero attached hydrogens (tertiary/aromatic N) is 1. The summed E-state index contributed by atoms with van der Waals surface area (Å²) in [6.07, 6.45) is -1.03. The molecule has 0 radical (unpaired) electrons. The first-order valence-electron chi connectivity index (χ1n) is 7.82. The topological polar surface area (TPSA) is 109 Å². The molecule has 2 aromatic rings. The number of alkyl carbamates (subject to hydrolysis) is 1. The van der Waals surface area contributed by atoms with Gasteiger partial charge in [-0.15, -0.1) is 0 Å². The molecule has 2 atom stereocenters. The summed E-state index contributed by atoms with van der Waals surface area (Å²) in [6, 6.07) is 12.3. The summed E-state index contributed by atoms with van der Waals surface area (Å²) >= 11 is 0. The van der Waals surface area contributed by atoms with Gasteiger partial charge in [-0.05, 0) is 24.1 Å². The lowest BCUT2D eigenvalue weighted by molar-refractivity contribution is 0.0108. The smallest absolute Gasteiger partial charge is 0.407 e. The molecule has 7 heteroatoms. The van der Waals surface area contributed by atoms with Gasteiger partial charge < -0.3 is 20.3 Å². The highest BCUT2D eigenvalue weighted by atomic mass is 16.5. The number of aromatic nitrogens is 1. The van der Waals surface area contributed by atoms with E-state index in [1.807, 2.05) is 30.3 Å². The van der Waals surface area contributed by atoms with Crippen LogP contribution < -0.4 is 5.32 Å². The number of benzene rings is 1. The average Bonchev–Trinajstić information content (AvgIpc) is 2.66. The molecule has 0 aliphatic rings. The lowest BCUT2D eigenvalue weighted by Gasteiger charge is -2.18. The van der Waals surface area contributed by atoms with Gasteiger partial charge in [-0.3, -0.25) is 9.78 Å². The molecule has 2 rings (SSSR count). The van der Waals surface area contributed by atoms with E-state index in [0.717, 1.165) is 5.56 Å². The number of ether oxygens (including phenoxy) is 1. The molecule has 1 aromatic heterocycles. The number of amides is 1. The molecule has 25 heavy (non-hydrogen) atoms. The fourth-order valence-electron chi connectivity index (χ4n) is 2.21. The molecule has 0 saturated heterocycles. The van der Waals surface area contributed by atoms with Crippen LogP contribution in [0.4, 0.5) is 4.79 Å². The monoisotopic (exact) mass is 344 g/mol. The van der Waals surface area contributed by atoms with E-state index in [-0.39, 0.29) is 30.8 Å². The number of hydrogen-bond donors (Lipinski definition) is 3. The Morgan fingerprint density at radius 3 is 2.68 bits per heavy atom. The molecule has 0 fully saturated rings. The number of rotatable bonds is 8. The highest BCUT2D eigenvalue weighted by Crippen LogP contribution is 2.19. The molecule has 1 aromatic carbocycles. The van der Waals surface area contributed by atoms with E-state index in [1.165, 1.54) is 12.3 Å². The van der Waals surface area contributed by atoms with Crippen molar-refractivity contribution in [1.82, 2.24) is 10.3 Å². The van der Waals surface area contributed by atoms with Crippen molar-refractivity contribution in [1.29, 1.82) is 0 Å². The van der Waals surface area contributed by atoms with E-state index in [1.54, 1.807) is 6.07 Å². The zero-order valence-corrected chi connectivity index (χ0v) is 13.5. The Labute approximate surface area is 145 Å². The summed E-state index contributed by atoms with van der Waals surface area (Å²) in [5.74, 6) is 0. The average molecular weight is 344 g/mol. The molecular formula is C18H20N2O5. The molecule has 132 valence electrons. The Morgan fingerprint density at radius 1 is 1.20 bits per heavy atom. The molecule has 0 saturated carbocycles. The van der Waals surface area contributed by atoms with Crippen LogP contribution in [-0.4, -0.2) is 40.2 Å². The standard InChI is InChI=1S/C18H20N2O5/c21-11-14-7-4-9-19-16(14)17(23)15(22)8-10-20-18(24)25-12-13-5-2-1-3-6-13/h1-7,9,11,15,17,22-23H,8,10,12H2,(H,20,24). The maximum Gasteiger partial charge on any atom is 0.407 e. The third kappa shape index (κ3) is 5.66. The van der Waals surface area contributed by atoms with Crippen molar-refractivity contribution in [2.75, 3.05) is 6.54 Å². The van der Waals surface area contributed by atoms with Crippen molar-refractivity contribution in [3.05, 3.63) is 65.5 Å². The van der Waals surface area contributed by atoms with Crippen LogP contribution in [0.3, 0.4) is 0 Å². The molecule has 2 unspecified atom stereocenters. The van der Waals surface area contributed by atoms with Crippen LogP contribution in [0.5, 0.6) is 0 Å². The molecular weight excluding hydrogens is 324 g/mol. The van der Waals surface area contributed by atoms with E-state index in [4.69, 9.17) is 4.74 Å². The fourth-order valence-corrected chi connectivity index (χ4v) is 2.21. The number of aliphatic hydroxyl groups excluding tert-OH is 2. The van der Waals surface area contributed by atoms with E-state index in [2.05, 4.69) is 10.3 Å². The molecule has 7 nitrogen and oxygen atoms in total. The number of nitrogens with one attached hydrogen (secondary N) is 1. The highest BCUT2D eigenvalue weighted by Gasteiger charge is 2.22. The van der Waals surface area contributed by atoms with Gasteiger partial charge >= 0.3 is 6.09 Å². The summed E-state index contributed by atoms with van der Waals surface area (Å²) in [5.41, 5.74) is 1.19. The van der Waals surface area contributed by atoms with Crippen molar-refractivity contribution in [2.45, 2.75) is 25.2 Å². The maximum absolute atomic E-state index is 11.6. The van der Waals surface area contributed by atoms with Crippen molar-refractivity contribution in [2.24, 2.45) is 0 Å². The zero-order valence-electron chi connectivity index (χ0n) is 13.5. The van der Waals surface area contributed by atoms with E-state index in [9.17, 15) is 19.8 Å². The minimum absolute atomic E-state index is 0.0798. The summed E-state index contributed by atoms with van der Waals surface area (Å²) < 4.78 is 5.04. The second-order valence-corrected chi connectivity index (χ2v) is 5.39. The van der Waals surface area contributed by atoms with Gasteiger partial charge in [-0.2, -0.15) is 0 Å². The van der Waals surface area contributed by atoms with Gasteiger partial charge in [0.1, 0.15) is 12.7 Å². The van der Waals surface area contributed by atoms with Crippen molar-refractivity contribution < 1.29 is 24.5 Å². The molecule has 0 spiro atoms. The maximum atomic E-state index is 11.6. The Morgan fingerprint density at radius 2 is 1.96 bits per heavy atom. The third-order valence-corrected chi connectivity index (χ3v) is 3.57. The van der Waals surface area contributed by atoms with Gasteiger partial charge in [0.05, 0.1) is 11.8 Å². The van der Waals surface area contributed by atoms with Crippen LogP contribution in [0.25, 0.3) is 0 Å². The quantitative estimate of drug-likeness (QED) is 0.628. The summed E-state index contributed by atoms with van der Waals surface area (Å²) in [6.45, 7) is 0.254. The van der Waals surface area contributed by atoms with Crippen LogP contribution in [-0.2, 0) is 11.3 Å². The SMILES string of the molecule is O=Cc1cccnc1C(O)C(O)CCNC(=O)OCc1ccccc1. The molecule has 1 amide bonds. The predicted octanol–water partition coefficient (Wildman–Crippen LogP) is 1.60. The van der Waals surface area contributed by atoms with E-state index in [0.29, 0.717) is 6.29 Å². The third-order valence-electron chi connectivity index (χ3n) is 3.57. The number of carbonyl (C=O) groups excluding carboxylic acids is 2. The van der Waals surface area contributed by atoms with Gasteiger partial charge in [0.25, 0.3) is 0 Å². The van der Waals surface area contributed by atoms with E-state index >= 15 is 0 Å². The minimum Gasteiger partial charge on any atom is -0.445 e. The van der Waals surface area contributed by atoms with Gasteiger partial charge in [0.15, 0.2) is 6.29 Å². The summed E-state index contributed by atoms with van der Waals surface area (Å²) in [4.78, 5) is 26.5. The van der Waals surface area contributed by atoms with Gasteiger partial charge in [-0.25, -0.2) is 4.79 Å². The Balaban J connectivity index is 1.75. The Bertz CT molecular complexity index is 693. The summed E-state index contributed by atoms with van der Waals surface area (Å²) in [5, 5.41) is 22.6. The minimum atomic E-state index is -1.32. The molecule has 1 heterocycles. The number of pyridine rings is 1. The highest BCUT2D eigenvalue weighted by molar-refractivity contribution is 5.76. The van der Waals surface area contributed by atoms with Crippen LogP contribution in [0, 0.1) is 0 Å². The van der Waals surface area contributed by atoms with Gasteiger partial charge in [0.2, 0.25) is 0 Å². The largest absolute Gasteiger partial charge is 0.445 e. The number of aliphatic hydroxyl groups is 2. The lowest BCUT2D eigenvalue weighted by Crippen LogP contribution is -2.30.